The number of carbonyl (C=O) groups excluding carboxylic acids is 2. The van der Waals surface area contributed by atoms with E-state index in [-0.39, 0.29) is 23.9 Å². The van der Waals surface area contributed by atoms with Crippen LogP contribution in [0.3, 0.4) is 0 Å². The zero-order valence-corrected chi connectivity index (χ0v) is 13.8. The molecule has 122 valence electrons. The molecule has 11 heteroatoms. The van der Waals surface area contributed by atoms with Gasteiger partial charge in [0.1, 0.15) is 12.1 Å². The van der Waals surface area contributed by atoms with Crippen molar-refractivity contribution >= 4 is 57.7 Å². The number of carbonyl (C=O) groups is 4. The zero-order chi connectivity index (χ0) is 15.9. The lowest BCUT2D eigenvalue weighted by atomic mass is 10.3. The van der Waals surface area contributed by atoms with E-state index in [1.54, 1.807) is 0 Å². The molecule has 0 unspecified atom stereocenters. The molecule has 0 heterocycles. The van der Waals surface area contributed by atoms with Crippen molar-refractivity contribution in [2.75, 3.05) is 11.5 Å². The van der Waals surface area contributed by atoms with Crippen LogP contribution in [0.2, 0.25) is 0 Å². The van der Waals surface area contributed by atoms with Gasteiger partial charge in [0.25, 0.3) is 0 Å². The monoisotopic (exact) mass is 360 g/mol. The topological polar surface area (TPSA) is 138 Å². The lowest BCUT2D eigenvalue weighted by Gasteiger charge is -2.24. The number of carboxylic acid groups (broad SMARTS) is 2. The standard InChI is InChI=1S/C10H16N2O6S2.ClH/c1-5(13)12(6(2)14)8(10(17)18)4-20-19-3-7(11)9(15)16;/h7-8H,3-4,11H2,1-2H3,(H,15,16)(H,17,18);1H/t7-,8-;/m0./s1. The van der Waals surface area contributed by atoms with Gasteiger partial charge in [-0.25, -0.2) is 4.79 Å². The molecule has 0 spiro atoms. The normalized spacial score (nSPS) is 12.7. The summed E-state index contributed by atoms with van der Waals surface area (Å²) in [6.45, 7) is 2.21. The van der Waals surface area contributed by atoms with Crippen LogP contribution in [-0.2, 0) is 19.2 Å². The summed E-state index contributed by atoms with van der Waals surface area (Å²) in [6, 6.07) is -2.34. The van der Waals surface area contributed by atoms with Crippen LogP contribution in [0, 0.1) is 0 Å². The molecular weight excluding hydrogens is 344 g/mol. The predicted molar refractivity (Wildman–Crippen MR) is 82.4 cm³/mol. The lowest BCUT2D eigenvalue weighted by molar-refractivity contribution is -0.155. The highest BCUT2D eigenvalue weighted by Crippen LogP contribution is 2.24. The Morgan fingerprint density at radius 3 is 1.76 bits per heavy atom. The summed E-state index contributed by atoms with van der Waals surface area (Å²) in [6.07, 6.45) is 0. The molecule has 0 saturated heterocycles. The number of aliphatic carboxylic acids is 2. The van der Waals surface area contributed by atoms with Gasteiger partial charge in [0.2, 0.25) is 11.8 Å². The van der Waals surface area contributed by atoms with E-state index < -0.39 is 35.8 Å². The maximum absolute atomic E-state index is 11.3. The largest absolute Gasteiger partial charge is 0.480 e. The van der Waals surface area contributed by atoms with Crippen LogP contribution in [0.5, 0.6) is 0 Å². The molecule has 0 saturated carbocycles. The van der Waals surface area contributed by atoms with Crippen molar-refractivity contribution in [3.05, 3.63) is 0 Å². The minimum absolute atomic E-state index is 0. The number of carboxylic acids is 2. The molecule has 0 rings (SSSR count). The maximum Gasteiger partial charge on any atom is 0.327 e. The van der Waals surface area contributed by atoms with Crippen LogP contribution < -0.4 is 5.73 Å². The van der Waals surface area contributed by atoms with Gasteiger partial charge in [0, 0.05) is 25.4 Å². The molecule has 0 radical (unpaired) electrons. The number of hydrogen-bond donors (Lipinski definition) is 3. The molecule has 0 aromatic rings. The Morgan fingerprint density at radius 2 is 1.43 bits per heavy atom. The predicted octanol–water partition coefficient (Wildman–Crippen LogP) is 0.0497. The number of halogens is 1. The van der Waals surface area contributed by atoms with Gasteiger partial charge in [-0.3, -0.25) is 19.3 Å². The van der Waals surface area contributed by atoms with Gasteiger partial charge in [-0.2, -0.15) is 0 Å². The number of nitrogens with two attached hydrogens (primary N) is 1. The molecule has 2 amide bonds. The Kier molecular flexibility index (Phi) is 11.4. The molecule has 0 fully saturated rings. The highest BCUT2D eigenvalue weighted by molar-refractivity contribution is 8.76. The van der Waals surface area contributed by atoms with E-state index >= 15 is 0 Å². The summed E-state index contributed by atoms with van der Waals surface area (Å²) in [5, 5.41) is 17.6. The Morgan fingerprint density at radius 1 is 1.00 bits per heavy atom. The summed E-state index contributed by atoms with van der Waals surface area (Å²) < 4.78 is 0. The van der Waals surface area contributed by atoms with Gasteiger partial charge in [0.05, 0.1) is 0 Å². The van der Waals surface area contributed by atoms with Crippen molar-refractivity contribution < 1.29 is 29.4 Å². The molecule has 0 aromatic heterocycles. The lowest BCUT2D eigenvalue weighted by Crippen LogP contribution is -2.48. The van der Waals surface area contributed by atoms with Crippen LogP contribution in [0.1, 0.15) is 13.8 Å². The van der Waals surface area contributed by atoms with E-state index in [9.17, 15) is 19.2 Å². The van der Waals surface area contributed by atoms with Crippen molar-refractivity contribution in [1.29, 1.82) is 0 Å². The average molecular weight is 361 g/mol. The van der Waals surface area contributed by atoms with E-state index in [0.717, 1.165) is 35.4 Å². The Labute approximate surface area is 135 Å². The second-order valence-electron chi connectivity index (χ2n) is 3.78. The second kappa shape index (κ2) is 10.7. The van der Waals surface area contributed by atoms with Gasteiger partial charge < -0.3 is 15.9 Å². The summed E-state index contributed by atoms with van der Waals surface area (Å²) in [5.41, 5.74) is 5.28. The third-order valence-corrected chi connectivity index (χ3v) is 4.58. The fraction of sp³-hybridized carbons (Fsp3) is 0.600. The summed E-state index contributed by atoms with van der Waals surface area (Å²) in [4.78, 5) is 44.8. The van der Waals surface area contributed by atoms with Gasteiger partial charge in [-0.15, -0.1) is 12.4 Å². The summed E-state index contributed by atoms with van der Waals surface area (Å²) in [7, 11) is 2.12. The van der Waals surface area contributed by atoms with Crippen LogP contribution in [0.4, 0.5) is 0 Å². The molecule has 0 aliphatic carbocycles. The number of nitrogens with zero attached hydrogens (tertiary/aromatic N) is 1. The fourth-order valence-electron chi connectivity index (χ4n) is 1.22. The van der Waals surface area contributed by atoms with Crippen LogP contribution >= 0.6 is 34.0 Å². The highest BCUT2D eigenvalue weighted by Gasteiger charge is 2.30. The number of hydrogen-bond acceptors (Lipinski definition) is 7. The van der Waals surface area contributed by atoms with Gasteiger partial charge in [-0.1, -0.05) is 21.6 Å². The van der Waals surface area contributed by atoms with Crippen molar-refractivity contribution in [2.24, 2.45) is 5.73 Å². The number of amides is 2. The zero-order valence-electron chi connectivity index (χ0n) is 11.3. The third-order valence-electron chi connectivity index (χ3n) is 2.15. The smallest absolute Gasteiger partial charge is 0.327 e. The van der Waals surface area contributed by atoms with Gasteiger partial charge in [0.15, 0.2) is 0 Å². The van der Waals surface area contributed by atoms with Crippen molar-refractivity contribution in [3.8, 4) is 0 Å². The van der Waals surface area contributed by atoms with Crippen LogP contribution in [-0.4, -0.2) is 62.5 Å². The third kappa shape index (κ3) is 8.15. The first-order valence-electron chi connectivity index (χ1n) is 5.44. The van der Waals surface area contributed by atoms with Crippen LogP contribution in [0.15, 0.2) is 0 Å². The first kappa shape index (κ1) is 22.3. The minimum atomic E-state index is -1.30. The van der Waals surface area contributed by atoms with Crippen molar-refractivity contribution in [1.82, 2.24) is 4.90 Å². The fourth-order valence-corrected chi connectivity index (χ4v) is 3.53. The first-order chi connectivity index (χ1) is 9.18. The van der Waals surface area contributed by atoms with Crippen LogP contribution in [0.25, 0.3) is 0 Å². The van der Waals surface area contributed by atoms with Crippen molar-refractivity contribution in [2.45, 2.75) is 25.9 Å². The van der Waals surface area contributed by atoms with E-state index in [0.29, 0.717) is 4.90 Å². The number of imide groups is 1. The van der Waals surface area contributed by atoms with E-state index in [1.165, 1.54) is 0 Å². The van der Waals surface area contributed by atoms with E-state index in [4.69, 9.17) is 15.9 Å². The average Bonchev–Trinajstić information content (AvgIpc) is 2.30. The second-order valence-corrected chi connectivity index (χ2v) is 6.33. The molecule has 0 aliphatic heterocycles. The molecule has 2 atom stereocenters. The SMILES string of the molecule is CC(=O)N(C(C)=O)[C@@H](CSSC[C@H](N)C(=O)O)C(=O)O.Cl. The van der Waals surface area contributed by atoms with E-state index in [1.807, 2.05) is 0 Å². The summed E-state index contributed by atoms with van der Waals surface area (Å²) in [5.74, 6) is -3.72. The maximum atomic E-state index is 11.3. The molecule has 8 nitrogen and oxygen atoms in total. The summed E-state index contributed by atoms with van der Waals surface area (Å²) >= 11 is 0. The first-order valence-corrected chi connectivity index (χ1v) is 7.93. The number of rotatable bonds is 8. The quantitative estimate of drug-likeness (QED) is 0.404. The Balaban J connectivity index is 0. The Hall–Kier alpha value is -0.970. The molecule has 0 aromatic carbocycles. The highest BCUT2D eigenvalue weighted by atomic mass is 35.5. The molecule has 21 heavy (non-hydrogen) atoms. The minimum Gasteiger partial charge on any atom is -0.480 e. The molecule has 0 aliphatic rings. The van der Waals surface area contributed by atoms with E-state index in [2.05, 4.69) is 0 Å². The van der Waals surface area contributed by atoms with Gasteiger partial charge in [-0.05, 0) is 0 Å². The molecule has 4 N–H and O–H groups in total. The van der Waals surface area contributed by atoms with Crippen molar-refractivity contribution in [3.63, 3.8) is 0 Å². The van der Waals surface area contributed by atoms with Gasteiger partial charge >= 0.3 is 11.9 Å². The molecular formula is C10H17ClN2O6S2. The Bertz CT molecular complexity index is 395. The molecule has 0 bridgehead atoms.